The molecule has 0 aromatic rings. The van der Waals surface area contributed by atoms with E-state index in [0.29, 0.717) is 0 Å². The lowest BCUT2D eigenvalue weighted by Gasteiger charge is -2.01. The number of unbranched alkanes of at least 4 members (excludes halogenated alkanes) is 1. The van der Waals surface area contributed by atoms with E-state index in [1.165, 1.54) is 37.7 Å². The summed E-state index contributed by atoms with van der Waals surface area (Å²) in [4.78, 5) is 0. The molecular formula is C12H20. The van der Waals surface area contributed by atoms with E-state index in [2.05, 4.69) is 26.8 Å². The molecule has 0 aromatic carbocycles. The average molecular weight is 164 g/mol. The monoisotopic (exact) mass is 164 g/mol. The highest BCUT2D eigenvalue weighted by atomic mass is 14.1. The van der Waals surface area contributed by atoms with Gasteiger partial charge in [0.15, 0.2) is 0 Å². The molecule has 0 nitrogen and oxygen atoms in total. The Morgan fingerprint density at radius 1 is 1.25 bits per heavy atom. The Morgan fingerprint density at radius 3 is 2.42 bits per heavy atom. The third kappa shape index (κ3) is 3.75. The van der Waals surface area contributed by atoms with E-state index in [9.17, 15) is 0 Å². The molecule has 1 saturated carbocycles. The number of allylic oxidation sites excluding steroid dienone is 4. The standard InChI is InChI=1S/C12H20/c1-10(2)11(3)6-4-5-7-12-8-9-12/h7H,4-6,8-9H2,1-3H3. The van der Waals surface area contributed by atoms with Crippen LogP contribution < -0.4 is 0 Å². The van der Waals surface area contributed by atoms with E-state index in [1.807, 2.05) is 0 Å². The molecular weight excluding hydrogens is 144 g/mol. The molecule has 12 heavy (non-hydrogen) atoms. The van der Waals surface area contributed by atoms with Crippen LogP contribution >= 0.6 is 0 Å². The van der Waals surface area contributed by atoms with E-state index in [0.717, 1.165) is 0 Å². The third-order valence-electron chi connectivity index (χ3n) is 2.58. The van der Waals surface area contributed by atoms with Crippen LogP contribution in [-0.4, -0.2) is 0 Å². The van der Waals surface area contributed by atoms with Gasteiger partial charge in [0, 0.05) is 0 Å². The van der Waals surface area contributed by atoms with Crippen LogP contribution in [0.5, 0.6) is 0 Å². The van der Waals surface area contributed by atoms with Gasteiger partial charge in [0.05, 0.1) is 0 Å². The smallest absolute Gasteiger partial charge is 0.0283 e. The average Bonchev–Trinajstić information content (AvgIpc) is 2.80. The van der Waals surface area contributed by atoms with Crippen LogP contribution in [0.3, 0.4) is 0 Å². The molecule has 1 fully saturated rings. The fourth-order valence-corrected chi connectivity index (χ4v) is 1.20. The molecule has 0 spiro atoms. The van der Waals surface area contributed by atoms with E-state index >= 15 is 0 Å². The summed E-state index contributed by atoms with van der Waals surface area (Å²) in [6, 6.07) is 0. The summed E-state index contributed by atoms with van der Waals surface area (Å²) in [5.74, 6) is 0. The van der Waals surface area contributed by atoms with Crippen LogP contribution in [-0.2, 0) is 0 Å². The second-order valence-electron chi connectivity index (χ2n) is 4.03. The Labute approximate surface area is 76.4 Å². The van der Waals surface area contributed by atoms with Gasteiger partial charge in [0.2, 0.25) is 0 Å². The van der Waals surface area contributed by atoms with Crippen molar-refractivity contribution in [2.75, 3.05) is 0 Å². The van der Waals surface area contributed by atoms with Crippen LogP contribution in [0.1, 0.15) is 52.9 Å². The van der Waals surface area contributed by atoms with Gasteiger partial charge in [-0.15, -0.1) is 0 Å². The van der Waals surface area contributed by atoms with Crippen LogP contribution in [0.15, 0.2) is 22.8 Å². The van der Waals surface area contributed by atoms with Gasteiger partial charge in [-0.2, -0.15) is 0 Å². The van der Waals surface area contributed by atoms with Crippen LogP contribution in [0.4, 0.5) is 0 Å². The van der Waals surface area contributed by atoms with Crippen molar-refractivity contribution in [1.82, 2.24) is 0 Å². The summed E-state index contributed by atoms with van der Waals surface area (Å²) < 4.78 is 0. The predicted octanol–water partition coefficient (Wildman–Crippen LogP) is 4.23. The molecule has 0 heterocycles. The maximum Gasteiger partial charge on any atom is -0.0283 e. The second-order valence-corrected chi connectivity index (χ2v) is 4.03. The van der Waals surface area contributed by atoms with E-state index in [-0.39, 0.29) is 0 Å². The summed E-state index contributed by atoms with van der Waals surface area (Å²) >= 11 is 0. The summed E-state index contributed by atoms with van der Waals surface area (Å²) in [7, 11) is 0. The van der Waals surface area contributed by atoms with Crippen molar-refractivity contribution in [2.45, 2.75) is 52.9 Å². The Hall–Kier alpha value is -0.520. The largest absolute Gasteiger partial charge is 0.0853 e. The summed E-state index contributed by atoms with van der Waals surface area (Å²) in [5.41, 5.74) is 4.75. The lowest BCUT2D eigenvalue weighted by molar-refractivity contribution is 0.821. The minimum Gasteiger partial charge on any atom is -0.0853 e. The van der Waals surface area contributed by atoms with Gasteiger partial charge in [0.25, 0.3) is 0 Å². The Morgan fingerprint density at radius 2 is 1.92 bits per heavy atom. The summed E-state index contributed by atoms with van der Waals surface area (Å²) in [5, 5.41) is 0. The second kappa shape index (κ2) is 4.49. The van der Waals surface area contributed by atoms with Gasteiger partial charge in [-0.05, 0) is 52.9 Å². The SMILES string of the molecule is CC(C)=C(C)CCCC=C1CC1. The lowest BCUT2D eigenvalue weighted by Crippen LogP contribution is -1.80. The first kappa shape index (κ1) is 9.57. The molecule has 0 radical (unpaired) electrons. The van der Waals surface area contributed by atoms with E-state index in [4.69, 9.17) is 0 Å². The lowest BCUT2D eigenvalue weighted by atomic mass is 10.1. The van der Waals surface area contributed by atoms with Crippen LogP contribution in [0, 0.1) is 0 Å². The zero-order valence-electron chi connectivity index (χ0n) is 8.61. The van der Waals surface area contributed by atoms with E-state index in [1.54, 1.807) is 11.1 Å². The molecule has 0 atom stereocenters. The molecule has 1 aliphatic carbocycles. The number of hydrogen-bond acceptors (Lipinski definition) is 0. The molecule has 1 aliphatic rings. The highest BCUT2D eigenvalue weighted by Crippen LogP contribution is 2.28. The van der Waals surface area contributed by atoms with Gasteiger partial charge in [-0.1, -0.05) is 22.8 Å². The maximum atomic E-state index is 2.43. The first-order chi connectivity index (χ1) is 5.70. The van der Waals surface area contributed by atoms with Gasteiger partial charge < -0.3 is 0 Å². The fraction of sp³-hybridized carbons (Fsp3) is 0.667. The minimum atomic E-state index is 1.28. The highest BCUT2D eigenvalue weighted by Gasteiger charge is 2.08. The van der Waals surface area contributed by atoms with Crippen molar-refractivity contribution in [3.8, 4) is 0 Å². The predicted molar refractivity (Wildman–Crippen MR) is 55.2 cm³/mol. The Balaban J connectivity index is 2.09. The zero-order valence-corrected chi connectivity index (χ0v) is 8.61. The van der Waals surface area contributed by atoms with Gasteiger partial charge >= 0.3 is 0 Å². The molecule has 68 valence electrons. The normalized spacial score (nSPS) is 14.4. The van der Waals surface area contributed by atoms with Gasteiger partial charge in [0.1, 0.15) is 0 Å². The van der Waals surface area contributed by atoms with Crippen LogP contribution in [0.2, 0.25) is 0 Å². The van der Waals surface area contributed by atoms with Crippen molar-refractivity contribution in [3.05, 3.63) is 22.8 Å². The first-order valence-corrected chi connectivity index (χ1v) is 5.01. The summed E-state index contributed by atoms with van der Waals surface area (Å²) in [6.45, 7) is 6.66. The van der Waals surface area contributed by atoms with Crippen molar-refractivity contribution >= 4 is 0 Å². The molecule has 0 bridgehead atoms. The number of rotatable bonds is 4. The van der Waals surface area contributed by atoms with Crippen molar-refractivity contribution < 1.29 is 0 Å². The van der Waals surface area contributed by atoms with Crippen molar-refractivity contribution in [3.63, 3.8) is 0 Å². The molecule has 0 heteroatoms. The number of hydrogen-bond donors (Lipinski definition) is 0. The fourth-order valence-electron chi connectivity index (χ4n) is 1.20. The molecule has 0 aromatic heterocycles. The van der Waals surface area contributed by atoms with Crippen LogP contribution in [0.25, 0.3) is 0 Å². The van der Waals surface area contributed by atoms with Gasteiger partial charge in [-0.3, -0.25) is 0 Å². The third-order valence-corrected chi connectivity index (χ3v) is 2.58. The quantitative estimate of drug-likeness (QED) is 0.431. The molecule has 0 unspecified atom stereocenters. The van der Waals surface area contributed by atoms with Gasteiger partial charge in [-0.25, -0.2) is 0 Å². The molecule has 1 rings (SSSR count). The topological polar surface area (TPSA) is 0 Å². The Bertz CT molecular complexity index is 196. The van der Waals surface area contributed by atoms with Crippen molar-refractivity contribution in [1.29, 1.82) is 0 Å². The molecule has 0 amide bonds. The maximum absolute atomic E-state index is 2.43. The van der Waals surface area contributed by atoms with Crippen molar-refractivity contribution in [2.24, 2.45) is 0 Å². The zero-order chi connectivity index (χ0) is 8.97. The first-order valence-electron chi connectivity index (χ1n) is 5.01. The molecule has 0 N–H and O–H groups in total. The Kier molecular flexibility index (Phi) is 3.58. The van der Waals surface area contributed by atoms with E-state index < -0.39 is 0 Å². The molecule has 0 saturated heterocycles. The molecule has 0 aliphatic heterocycles. The minimum absolute atomic E-state index is 1.28. The summed E-state index contributed by atoms with van der Waals surface area (Å²) in [6.07, 6.45) is 9.09. The highest BCUT2D eigenvalue weighted by molar-refractivity contribution is 5.16.